The summed E-state index contributed by atoms with van der Waals surface area (Å²) in [5.41, 5.74) is -0.265. The van der Waals surface area contributed by atoms with Gasteiger partial charge in [-0.05, 0) is 37.0 Å². The summed E-state index contributed by atoms with van der Waals surface area (Å²) in [5, 5.41) is 4.99. The second-order valence-electron chi connectivity index (χ2n) is 5.17. The minimum Gasteiger partial charge on any atom is -0.341 e. The van der Waals surface area contributed by atoms with Gasteiger partial charge in [0.2, 0.25) is 10.0 Å². The van der Waals surface area contributed by atoms with Gasteiger partial charge in [0.15, 0.2) is 0 Å². The maximum absolute atomic E-state index is 13.7. The van der Waals surface area contributed by atoms with Crippen molar-refractivity contribution in [2.75, 3.05) is 13.6 Å². The van der Waals surface area contributed by atoms with E-state index in [-0.39, 0.29) is 10.5 Å². The van der Waals surface area contributed by atoms with Gasteiger partial charge in [0.05, 0.1) is 10.5 Å². The molecule has 0 radical (unpaired) electrons. The zero-order valence-electron chi connectivity index (χ0n) is 11.2. The molecule has 0 saturated heterocycles. The highest BCUT2D eigenvalue weighted by Crippen LogP contribution is 2.27. The van der Waals surface area contributed by atoms with Gasteiger partial charge in [-0.1, -0.05) is 6.42 Å². The molecule has 1 fully saturated rings. The molecule has 7 heteroatoms. The molecular formula is C13H17FN2O3S. The average Bonchev–Trinajstić information content (AvgIpc) is 2.31. The van der Waals surface area contributed by atoms with E-state index in [0.29, 0.717) is 12.5 Å². The molecule has 0 aliphatic heterocycles. The molecule has 1 amide bonds. The van der Waals surface area contributed by atoms with Gasteiger partial charge in [0.25, 0.3) is 5.91 Å². The Morgan fingerprint density at radius 1 is 1.45 bits per heavy atom. The van der Waals surface area contributed by atoms with Crippen LogP contribution in [0.4, 0.5) is 4.39 Å². The van der Waals surface area contributed by atoms with Crippen LogP contribution in [0, 0.1) is 11.7 Å². The Balaban J connectivity index is 2.23. The number of nitrogens with zero attached hydrogens (tertiary/aromatic N) is 1. The molecule has 1 aromatic rings. The van der Waals surface area contributed by atoms with Gasteiger partial charge < -0.3 is 4.90 Å². The highest BCUT2D eigenvalue weighted by molar-refractivity contribution is 7.89. The fourth-order valence-corrected chi connectivity index (χ4v) is 2.74. The molecule has 5 nitrogen and oxygen atoms in total. The van der Waals surface area contributed by atoms with Crippen LogP contribution in [0.25, 0.3) is 0 Å². The molecule has 1 aromatic carbocycles. The largest absolute Gasteiger partial charge is 0.341 e. The van der Waals surface area contributed by atoms with Gasteiger partial charge in [-0.3, -0.25) is 4.79 Å². The number of sulfonamides is 1. The van der Waals surface area contributed by atoms with Crippen molar-refractivity contribution in [3.63, 3.8) is 0 Å². The molecule has 1 aliphatic carbocycles. The Hall–Kier alpha value is -1.47. The number of carbonyl (C=O) groups is 1. The number of benzene rings is 1. The van der Waals surface area contributed by atoms with Crippen LogP contribution in [-0.2, 0) is 10.0 Å². The van der Waals surface area contributed by atoms with E-state index in [9.17, 15) is 17.6 Å². The maximum atomic E-state index is 13.7. The van der Waals surface area contributed by atoms with E-state index in [4.69, 9.17) is 5.14 Å². The summed E-state index contributed by atoms with van der Waals surface area (Å²) in [7, 11) is -2.37. The molecule has 2 rings (SSSR count). The molecular weight excluding hydrogens is 283 g/mol. The fraction of sp³-hybridized carbons (Fsp3) is 0.462. The number of hydrogen-bond acceptors (Lipinski definition) is 3. The SMILES string of the molecule is CN(CC1CCC1)C(=O)c1cc(S(N)(=O)=O)ccc1F. The summed E-state index contributed by atoms with van der Waals surface area (Å²) < 4.78 is 36.2. The first-order valence-corrected chi connectivity index (χ1v) is 7.91. The lowest BCUT2D eigenvalue weighted by Crippen LogP contribution is -2.34. The summed E-state index contributed by atoms with van der Waals surface area (Å²) in [5.74, 6) is -0.823. The highest BCUT2D eigenvalue weighted by Gasteiger charge is 2.24. The molecule has 1 aliphatic rings. The summed E-state index contributed by atoms with van der Waals surface area (Å²) in [6.45, 7) is 0.553. The van der Waals surface area contributed by atoms with E-state index in [1.54, 1.807) is 7.05 Å². The van der Waals surface area contributed by atoms with Crippen molar-refractivity contribution < 1.29 is 17.6 Å². The summed E-state index contributed by atoms with van der Waals surface area (Å²) in [6, 6.07) is 2.99. The van der Waals surface area contributed by atoms with Gasteiger partial charge in [0, 0.05) is 13.6 Å². The first-order chi connectivity index (χ1) is 9.29. The average molecular weight is 300 g/mol. The van der Waals surface area contributed by atoms with Crippen LogP contribution in [0.5, 0.6) is 0 Å². The van der Waals surface area contributed by atoms with E-state index < -0.39 is 21.7 Å². The minimum atomic E-state index is -3.96. The third-order valence-corrected chi connectivity index (χ3v) is 4.51. The van der Waals surface area contributed by atoms with E-state index in [1.807, 2.05) is 0 Å². The van der Waals surface area contributed by atoms with Gasteiger partial charge in [0.1, 0.15) is 5.82 Å². The maximum Gasteiger partial charge on any atom is 0.256 e. The third-order valence-electron chi connectivity index (χ3n) is 3.60. The third kappa shape index (κ3) is 3.16. The van der Waals surface area contributed by atoms with Crippen LogP contribution in [0.2, 0.25) is 0 Å². The molecule has 0 unspecified atom stereocenters. The number of primary sulfonamides is 1. The summed E-state index contributed by atoms with van der Waals surface area (Å²) in [6.07, 6.45) is 3.29. The molecule has 0 bridgehead atoms. The van der Waals surface area contributed by atoms with E-state index in [0.717, 1.165) is 37.5 Å². The van der Waals surface area contributed by atoms with Crippen molar-refractivity contribution in [2.24, 2.45) is 11.1 Å². The predicted molar refractivity (Wildman–Crippen MR) is 72.1 cm³/mol. The number of amides is 1. The van der Waals surface area contributed by atoms with Crippen molar-refractivity contribution in [3.8, 4) is 0 Å². The Labute approximate surface area is 117 Å². The number of hydrogen-bond donors (Lipinski definition) is 1. The lowest BCUT2D eigenvalue weighted by Gasteiger charge is -2.30. The van der Waals surface area contributed by atoms with Crippen molar-refractivity contribution in [1.82, 2.24) is 4.90 Å². The van der Waals surface area contributed by atoms with Crippen molar-refractivity contribution in [2.45, 2.75) is 24.2 Å². The van der Waals surface area contributed by atoms with Gasteiger partial charge in [-0.15, -0.1) is 0 Å². The molecule has 0 spiro atoms. The Kier molecular flexibility index (Phi) is 4.10. The first kappa shape index (κ1) is 14.9. The molecule has 1 saturated carbocycles. The van der Waals surface area contributed by atoms with E-state index >= 15 is 0 Å². The number of carbonyl (C=O) groups excluding carboxylic acids is 1. The van der Waals surface area contributed by atoms with Crippen LogP contribution in [-0.4, -0.2) is 32.8 Å². The summed E-state index contributed by atoms with van der Waals surface area (Å²) >= 11 is 0. The molecule has 0 atom stereocenters. The minimum absolute atomic E-state index is 0.265. The second kappa shape index (κ2) is 5.49. The van der Waals surface area contributed by atoms with Crippen LogP contribution >= 0.6 is 0 Å². The number of rotatable bonds is 4. The van der Waals surface area contributed by atoms with Crippen LogP contribution in [0.15, 0.2) is 23.1 Å². The monoisotopic (exact) mass is 300 g/mol. The molecule has 2 N–H and O–H groups in total. The van der Waals surface area contributed by atoms with Crippen LogP contribution < -0.4 is 5.14 Å². The Morgan fingerprint density at radius 3 is 2.60 bits per heavy atom. The molecule has 110 valence electrons. The lowest BCUT2D eigenvalue weighted by molar-refractivity contribution is 0.0740. The van der Waals surface area contributed by atoms with Gasteiger partial charge in [-0.2, -0.15) is 0 Å². The van der Waals surface area contributed by atoms with E-state index in [1.165, 1.54) is 4.90 Å². The van der Waals surface area contributed by atoms with E-state index in [2.05, 4.69) is 0 Å². The van der Waals surface area contributed by atoms with Crippen molar-refractivity contribution in [3.05, 3.63) is 29.6 Å². The quantitative estimate of drug-likeness (QED) is 0.911. The normalized spacial score (nSPS) is 15.8. The number of halogens is 1. The first-order valence-electron chi connectivity index (χ1n) is 6.37. The molecule has 0 heterocycles. The summed E-state index contributed by atoms with van der Waals surface area (Å²) in [4.78, 5) is 13.3. The van der Waals surface area contributed by atoms with Crippen molar-refractivity contribution in [1.29, 1.82) is 0 Å². The predicted octanol–water partition coefficient (Wildman–Crippen LogP) is 1.35. The van der Waals surface area contributed by atoms with Crippen molar-refractivity contribution >= 4 is 15.9 Å². The van der Waals surface area contributed by atoms with Crippen LogP contribution in [0.3, 0.4) is 0 Å². The van der Waals surface area contributed by atoms with Gasteiger partial charge >= 0.3 is 0 Å². The second-order valence-corrected chi connectivity index (χ2v) is 6.73. The zero-order chi connectivity index (χ0) is 14.9. The zero-order valence-corrected chi connectivity index (χ0v) is 12.0. The lowest BCUT2D eigenvalue weighted by atomic mass is 9.85. The smallest absolute Gasteiger partial charge is 0.256 e. The number of nitrogens with two attached hydrogens (primary N) is 1. The topological polar surface area (TPSA) is 80.5 Å². The Morgan fingerprint density at radius 2 is 2.10 bits per heavy atom. The fourth-order valence-electron chi connectivity index (χ4n) is 2.20. The molecule has 0 aromatic heterocycles. The van der Waals surface area contributed by atoms with Crippen LogP contribution in [0.1, 0.15) is 29.6 Å². The van der Waals surface area contributed by atoms with Gasteiger partial charge in [-0.25, -0.2) is 17.9 Å². The highest BCUT2D eigenvalue weighted by atomic mass is 32.2. The Bertz CT molecular complexity index is 627. The standard InChI is InChI=1S/C13H17FN2O3S/c1-16(8-9-3-2-4-9)13(17)11-7-10(20(15,18)19)5-6-12(11)14/h5-7,9H,2-4,8H2,1H3,(H2,15,18,19). The molecule has 20 heavy (non-hydrogen) atoms.